The first-order valence-electron chi connectivity index (χ1n) is 7.29. The molecule has 1 aliphatic rings. The van der Waals surface area contributed by atoms with E-state index in [0.717, 1.165) is 45.3 Å². The largest absolute Gasteiger partial charge is 0.375 e. The van der Waals surface area contributed by atoms with Gasteiger partial charge in [0.2, 0.25) is 5.91 Å². The van der Waals surface area contributed by atoms with Gasteiger partial charge in [0, 0.05) is 19.2 Å². The molecule has 1 rings (SSSR count). The summed E-state index contributed by atoms with van der Waals surface area (Å²) in [7, 11) is 0. The minimum atomic E-state index is 0.0236. The predicted molar refractivity (Wildman–Crippen MR) is 73.6 cm³/mol. The molecule has 1 heterocycles. The number of hydrogen-bond donors (Lipinski definition) is 2. The quantitative estimate of drug-likeness (QED) is 0.731. The second-order valence-corrected chi connectivity index (χ2v) is 5.16. The van der Waals surface area contributed by atoms with Gasteiger partial charge < -0.3 is 15.4 Å². The molecule has 0 aromatic carbocycles. The minimum absolute atomic E-state index is 0.0236. The number of amides is 1. The van der Waals surface area contributed by atoms with Gasteiger partial charge in [-0.05, 0) is 32.1 Å². The van der Waals surface area contributed by atoms with Gasteiger partial charge in [-0.1, -0.05) is 20.8 Å². The normalized spacial score (nSPS) is 22.7. The van der Waals surface area contributed by atoms with Gasteiger partial charge in [-0.25, -0.2) is 0 Å². The van der Waals surface area contributed by atoms with Crippen molar-refractivity contribution in [2.75, 3.05) is 19.7 Å². The highest BCUT2D eigenvalue weighted by Gasteiger charge is 2.34. The van der Waals surface area contributed by atoms with Gasteiger partial charge in [0.05, 0.1) is 12.1 Å². The molecule has 1 saturated heterocycles. The van der Waals surface area contributed by atoms with Crippen LogP contribution in [0.3, 0.4) is 0 Å². The molecule has 106 valence electrons. The average Bonchev–Trinajstić information content (AvgIpc) is 2.43. The highest BCUT2D eigenvalue weighted by atomic mass is 16.5. The molecule has 1 amide bonds. The average molecular weight is 256 g/mol. The van der Waals surface area contributed by atoms with Crippen LogP contribution in [0.5, 0.6) is 0 Å². The van der Waals surface area contributed by atoms with Crippen LogP contribution in [-0.2, 0) is 9.53 Å². The van der Waals surface area contributed by atoms with Crippen molar-refractivity contribution in [3.63, 3.8) is 0 Å². The summed E-state index contributed by atoms with van der Waals surface area (Å²) < 4.78 is 5.93. The monoisotopic (exact) mass is 256 g/mol. The van der Waals surface area contributed by atoms with Crippen LogP contribution in [0, 0.1) is 0 Å². The van der Waals surface area contributed by atoms with Crippen LogP contribution in [0.15, 0.2) is 0 Å². The van der Waals surface area contributed by atoms with Crippen LogP contribution in [0.25, 0.3) is 0 Å². The van der Waals surface area contributed by atoms with E-state index in [1.54, 1.807) is 0 Å². The molecule has 1 atom stereocenters. The first-order valence-corrected chi connectivity index (χ1v) is 7.29. The van der Waals surface area contributed by atoms with Crippen LogP contribution in [0.2, 0.25) is 0 Å². The molecular weight excluding hydrogens is 228 g/mol. The third kappa shape index (κ3) is 4.58. The molecule has 0 saturated carbocycles. The van der Waals surface area contributed by atoms with Crippen LogP contribution in [0.4, 0.5) is 0 Å². The number of nitrogens with one attached hydrogen (secondary N) is 2. The van der Waals surface area contributed by atoms with Crippen molar-refractivity contribution in [2.24, 2.45) is 0 Å². The fraction of sp³-hybridized carbons (Fsp3) is 0.929. The maximum atomic E-state index is 11.5. The second-order valence-electron chi connectivity index (χ2n) is 5.16. The minimum Gasteiger partial charge on any atom is -0.375 e. The fourth-order valence-electron chi connectivity index (χ4n) is 2.51. The van der Waals surface area contributed by atoms with Crippen LogP contribution >= 0.6 is 0 Å². The summed E-state index contributed by atoms with van der Waals surface area (Å²) in [5.74, 6) is 0.0990. The maximum absolute atomic E-state index is 11.5. The smallest absolute Gasteiger partial charge is 0.233 e. The third-order valence-electron chi connectivity index (χ3n) is 3.91. The predicted octanol–water partition coefficient (Wildman–Crippen LogP) is 1.84. The topological polar surface area (TPSA) is 50.4 Å². The Kier molecular flexibility index (Phi) is 6.65. The lowest BCUT2D eigenvalue weighted by Gasteiger charge is -2.40. The Hall–Kier alpha value is -0.610. The van der Waals surface area contributed by atoms with Gasteiger partial charge in [-0.2, -0.15) is 0 Å². The van der Waals surface area contributed by atoms with Gasteiger partial charge in [0.1, 0.15) is 0 Å². The Morgan fingerprint density at radius 1 is 1.33 bits per heavy atom. The Labute approximate surface area is 111 Å². The molecular formula is C14H28N2O2. The summed E-state index contributed by atoms with van der Waals surface area (Å²) in [5, 5.41) is 6.25. The Morgan fingerprint density at radius 3 is 2.67 bits per heavy atom. The number of hydrogen-bond acceptors (Lipinski definition) is 3. The van der Waals surface area contributed by atoms with Crippen molar-refractivity contribution in [2.45, 2.75) is 64.5 Å². The fourth-order valence-corrected chi connectivity index (χ4v) is 2.51. The zero-order valence-electron chi connectivity index (χ0n) is 12.1. The molecule has 2 N–H and O–H groups in total. The molecule has 0 spiro atoms. The summed E-state index contributed by atoms with van der Waals surface area (Å²) in [6.07, 6.45) is 5.09. The first kappa shape index (κ1) is 15.4. The van der Waals surface area contributed by atoms with Crippen LogP contribution in [0.1, 0.15) is 52.9 Å². The molecule has 0 radical (unpaired) electrons. The lowest BCUT2D eigenvalue weighted by Crippen LogP contribution is -2.48. The third-order valence-corrected chi connectivity index (χ3v) is 3.91. The summed E-state index contributed by atoms with van der Waals surface area (Å²) in [6, 6.07) is 0.408. The molecule has 0 aromatic rings. The van der Waals surface area contributed by atoms with Crippen molar-refractivity contribution in [1.82, 2.24) is 10.6 Å². The van der Waals surface area contributed by atoms with E-state index in [4.69, 9.17) is 4.74 Å². The van der Waals surface area contributed by atoms with Crippen molar-refractivity contribution < 1.29 is 9.53 Å². The number of ether oxygens (including phenoxy) is 1. The van der Waals surface area contributed by atoms with Crippen molar-refractivity contribution in [3.8, 4) is 0 Å². The lowest BCUT2D eigenvalue weighted by atomic mass is 9.86. The second kappa shape index (κ2) is 7.74. The van der Waals surface area contributed by atoms with E-state index in [1.165, 1.54) is 0 Å². The van der Waals surface area contributed by atoms with E-state index in [2.05, 4.69) is 31.4 Å². The molecule has 0 aliphatic carbocycles. The summed E-state index contributed by atoms with van der Waals surface area (Å²) >= 11 is 0. The van der Waals surface area contributed by atoms with E-state index >= 15 is 0 Å². The van der Waals surface area contributed by atoms with Gasteiger partial charge in [-0.15, -0.1) is 0 Å². The Morgan fingerprint density at radius 2 is 2.06 bits per heavy atom. The SMILES string of the molecule is CCCNC(=O)CNC1CCOC(CC)(CC)C1. The van der Waals surface area contributed by atoms with Crippen molar-refractivity contribution in [3.05, 3.63) is 0 Å². The van der Waals surface area contributed by atoms with E-state index < -0.39 is 0 Å². The summed E-state index contributed by atoms with van der Waals surface area (Å²) in [4.78, 5) is 11.5. The summed E-state index contributed by atoms with van der Waals surface area (Å²) in [6.45, 7) is 8.41. The highest BCUT2D eigenvalue weighted by Crippen LogP contribution is 2.31. The van der Waals surface area contributed by atoms with Crippen molar-refractivity contribution in [1.29, 1.82) is 0 Å². The van der Waals surface area contributed by atoms with Gasteiger partial charge in [0.25, 0.3) is 0 Å². The van der Waals surface area contributed by atoms with E-state index in [1.807, 2.05) is 0 Å². The van der Waals surface area contributed by atoms with Crippen LogP contribution < -0.4 is 10.6 Å². The van der Waals surface area contributed by atoms with Gasteiger partial charge >= 0.3 is 0 Å². The van der Waals surface area contributed by atoms with Gasteiger partial charge in [0.15, 0.2) is 0 Å². The number of rotatable bonds is 7. The Bertz CT molecular complexity index is 252. The number of carbonyl (C=O) groups excluding carboxylic acids is 1. The van der Waals surface area contributed by atoms with Gasteiger partial charge in [-0.3, -0.25) is 4.79 Å². The molecule has 0 aromatic heterocycles. The first-order chi connectivity index (χ1) is 8.65. The van der Waals surface area contributed by atoms with E-state index in [9.17, 15) is 4.79 Å². The van der Waals surface area contributed by atoms with E-state index in [-0.39, 0.29) is 11.5 Å². The number of carbonyl (C=O) groups is 1. The van der Waals surface area contributed by atoms with Crippen molar-refractivity contribution >= 4 is 5.91 Å². The molecule has 18 heavy (non-hydrogen) atoms. The standard InChI is InChI=1S/C14H28N2O2/c1-4-8-15-13(17)11-16-12-7-9-18-14(5-2,6-3)10-12/h12,16H,4-11H2,1-3H3,(H,15,17). The highest BCUT2D eigenvalue weighted by molar-refractivity contribution is 5.77. The Balaban J connectivity index is 2.32. The maximum Gasteiger partial charge on any atom is 0.233 e. The van der Waals surface area contributed by atoms with Crippen LogP contribution in [-0.4, -0.2) is 37.2 Å². The molecule has 1 fully saturated rings. The molecule has 1 aliphatic heterocycles. The van der Waals surface area contributed by atoms with E-state index in [0.29, 0.717) is 12.6 Å². The summed E-state index contributed by atoms with van der Waals surface area (Å²) in [5.41, 5.74) is 0.0236. The lowest BCUT2D eigenvalue weighted by molar-refractivity contribution is -0.121. The molecule has 1 unspecified atom stereocenters. The molecule has 4 heteroatoms. The molecule has 4 nitrogen and oxygen atoms in total. The zero-order chi connectivity index (χ0) is 13.4. The zero-order valence-corrected chi connectivity index (χ0v) is 12.1. The molecule has 0 bridgehead atoms.